The van der Waals surface area contributed by atoms with Crippen LogP contribution in [0.1, 0.15) is 33.6 Å². The molecule has 1 N–H and O–H groups in total. The van der Waals surface area contributed by atoms with Crippen LogP contribution >= 0.6 is 23.1 Å². The van der Waals surface area contributed by atoms with E-state index in [0.717, 1.165) is 12.8 Å². The minimum atomic E-state index is -0.782. The molecule has 1 heterocycles. The van der Waals surface area contributed by atoms with Gasteiger partial charge in [0.25, 0.3) is 0 Å². The molecule has 1 aromatic carbocycles. The van der Waals surface area contributed by atoms with Crippen LogP contribution in [0.25, 0.3) is 0 Å². The molecule has 0 saturated heterocycles. The van der Waals surface area contributed by atoms with Gasteiger partial charge in [-0.15, -0.1) is 10.2 Å². The molecule has 0 aliphatic carbocycles. The van der Waals surface area contributed by atoms with Crippen molar-refractivity contribution in [3.63, 3.8) is 0 Å². The lowest BCUT2D eigenvalue weighted by Gasteiger charge is -2.20. The number of rotatable bonds is 8. The number of para-hydroxylation sites is 1. The Bertz CT molecular complexity index is 765. The normalized spacial score (nSPS) is 11.1. The standard InChI is InChI=1S/C18H24N4O3S2/c1-5-6-12-25-14(23)18(2,3)27-17-21-20-16(26-17)22(4)15(24)19-13-10-8-7-9-11-13/h7-11H,5-6,12H2,1-4H3,(H,19,24). The first-order chi connectivity index (χ1) is 12.8. The molecule has 0 radical (unpaired) electrons. The summed E-state index contributed by atoms with van der Waals surface area (Å²) < 4.78 is 5.12. The average molecular weight is 409 g/mol. The number of ether oxygens (including phenoxy) is 1. The van der Waals surface area contributed by atoms with Gasteiger partial charge in [-0.2, -0.15) is 0 Å². The van der Waals surface area contributed by atoms with Crippen LogP contribution in [0, 0.1) is 0 Å². The molecule has 2 rings (SSSR count). The molecule has 2 amide bonds. The maximum Gasteiger partial charge on any atom is 0.327 e. The lowest BCUT2D eigenvalue weighted by molar-refractivity contribution is -0.145. The fraction of sp³-hybridized carbons (Fsp3) is 0.444. The number of anilines is 2. The summed E-state index contributed by atoms with van der Waals surface area (Å²) in [6.07, 6.45) is 1.81. The summed E-state index contributed by atoms with van der Waals surface area (Å²) in [6.45, 7) is 6.04. The number of aromatic nitrogens is 2. The van der Waals surface area contributed by atoms with Crippen molar-refractivity contribution < 1.29 is 14.3 Å². The van der Waals surface area contributed by atoms with E-state index < -0.39 is 4.75 Å². The van der Waals surface area contributed by atoms with Gasteiger partial charge in [-0.25, -0.2) is 4.79 Å². The first-order valence-electron chi connectivity index (χ1n) is 8.63. The van der Waals surface area contributed by atoms with Gasteiger partial charge in [-0.3, -0.25) is 9.69 Å². The van der Waals surface area contributed by atoms with E-state index in [1.165, 1.54) is 28.0 Å². The molecule has 0 bridgehead atoms. The van der Waals surface area contributed by atoms with E-state index in [4.69, 9.17) is 4.74 Å². The Balaban J connectivity index is 1.96. The first-order valence-corrected chi connectivity index (χ1v) is 10.3. The summed E-state index contributed by atoms with van der Waals surface area (Å²) in [4.78, 5) is 26.0. The van der Waals surface area contributed by atoms with Gasteiger partial charge in [0.1, 0.15) is 4.75 Å². The van der Waals surface area contributed by atoms with E-state index in [0.29, 0.717) is 21.8 Å². The number of nitrogens with zero attached hydrogens (tertiary/aromatic N) is 3. The summed E-state index contributed by atoms with van der Waals surface area (Å²) in [5.41, 5.74) is 0.699. The summed E-state index contributed by atoms with van der Waals surface area (Å²) >= 11 is 2.53. The van der Waals surface area contributed by atoms with E-state index in [-0.39, 0.29) is 12.0 Å². The van der Waals surface area contributed by atoms with Crippen molar-refractivity contribution in [2.75, 3.05) is 23.9 Å². The third kappa shape index (κ3) is 6.21. The maximum atomic E-state index is 12.3. The second-order valence-corrected chi connectivity index (χ2v) is 9.13. The number of urea groups is 1. The van der Waals surface area contributed by atoms with E-state index in [1.54, 1.807) is 33.0 Å². The van der Waals surface area contributed by atoms with Crippen LogP contribution in [0.3, 0.4) is 0 Å². The number of benzene rings is 1. The van der Waals surface area contributed by atoms with Crippen LogP contribution in [0.4, 0.5) is 15.6 Å². The molecule has 0 saturated carbocycles. The third-order valence-electron chi connectivity index (χ3n) is 3.58. The molecule has 0 aliphatic rings. The lowest BCUT2D eigenvalue weighted by atomic mass is 10.2. The Morgan fingerprint density at radius 2 is 1.96 bits per heavy atom. The number of unbranched alkanes of at least 4 members (excludes halogenated alkanes) is 1. The fourth-order valence-electron chi connectivity index (χ4n) is 1.94. The van der Waals surface area contributed by atoms with Gasteiger partial charge in [0.15, 0.2) is 4.34 Å². The van der Waals surface area contributed by atoms with Gasteiger partial charge in [0.05, 0.1) is 6.61 Å². The summed E-state index contributed by atoms with van der Waals surface area (Å²) in [6, 6.07) is 8.86. The van der Waals surface area contributed by atoms with Crippen LogP contribution in [0.15, 0.2) is 34.7 Å². The monoisotopic (exact) mass is 408 g/mol. The Morgan fingerprint density at radius 3 is 2.63 bits per heavy atom. The summed E-state index contributed by atoms with van der Waals surface area (Å²) in [5, 5.41) is 11.4. The largest absolute Gasteiger partial charge is 0.465 e. The molecule has 0 spiro atoms. The van der Waals surface area contributed by atoms with Crippen molar-refractivity contribution >= 4 is 45.9 Å². The highest BCUT2D eigenvalue weighted by Gasteiger charge is 2.32. The van der Waals surface area contributed by atoms with Crippen LogP contribution in [0.2, 0.25) is 0 Å². The number of hydrogen-bond acceptors (Lipinski definition) is 7. The second-order valence-electron chi connectivity index (χ2n) is 6.31. The van der Waals surface area contributed by atoms with Crippen molar-refractivity contribution in [1.29, 1.82) is 0 Å². The van der Waals surface area contributed by atoms with Gasteiger partial charge in [-0.1, -0.05) is 54.6 Å². The molecule has 9 heteroatoms. The smallest absolute Gasteiger partial charge is 0.327 e. The van der Waals surface area contributed by atoms with Gasteiger partial charge in [0, 0.05) is 12.7 Å². The van der Waals surface area contributed by atoms with Gasteiger partial charge in [-0.05, 0) is 32.4 Å². The zero-order chi connectivity index (χ0) is 19.9. The highest BCUT2D eigenvalue weighted by atomic mass is 32.2. The second kappa shape index (κ2) is 9.70. The molecule has 146 valence electrons. The highest BCUT2D eigenvalue weighted by molar-refractivity contribution is 8.03. The Labute approximate surface area is 167 Å². The molecule has 7 nitrogen and oxygen atoms in total. The van der Waals surface area contributed by atoms with E-state index in [9.17, 15) is 9.59 Å². The van der Waals surface area contributed by atoms with Crippen molar-refractivity contribution in [1.82, 2.24) is 10.2 Å². The fourth-order valence-corrected chi connectivity index (χ4v) is 4.15. The number of carbonyl (C=O) groups is 2. The van der Waals surface area contributed by atoms with Crippen LogP contribution in [-0.2, 0) is 9.53 Å². The lowest BCUT2D eigenvalue weighted by Crippen LogP contribution is -2.31. The van der Waals surface area contributed by atoms with Crippen molar-refractivity contribution in [2.24, 2.45) is 0 Å². The molecular weight excluding hydrogens is 384 g/mol. The molecule has 0 atom stereocenters. The molecule has 1 aromatic heterocycles. The summed E-state index contributed by atoms with van der Waals surface area (Å²) in [7, 11) is 1.62. The molecule has 27 heavy (non-hydrogen) atoms. The van der Waals surface area contributed by atoms with Gasteiger partial charge in [0.2, 0.25) is 5.13 Å². The van der Waals surface area contributed by atoms with E-state index >= 15 is 0 Å². The number of amides is 2. The molecule has 0 aliphatic heterocycles. The topological polar surface area (TPSA) is 84.4 Å². The minimum Gasteiger partial charge on any atom is -0.465 e. The molecular formula is C18H24N4O3S2. The van der Waals surface area contributed by atoms with Crippen molar-refractivity contribution in [3.05, 3.63) is 30.3 Å². The number of nitrogens with one attached hydrogen (secondary N) is 1. The Hall–Kier alpha value is -2.13. The summed E-state index contributed by atoms with van der Waals surface area (Å²) in [5.74, 6) is -0.284. The van der Waals surface area contributed by atoms with Crippen LogP contribution in [0.5, 0.6) is 0 Å². The SMILES string of the molecule is CCCCOC(=O)C(C)(C)Sc1nnc(N(C)C(=O)Nc2ccccc2)s1. The van der Waals surface area contributed by atoms with E-state index in [1.807, 2.05) is 25.1 Å². The van der Waals surface area contributed by atoms with Crippen molar-refractivity contribution in [2.45, 2.75) is 42.7 Å². The highest BCUT2D eigenvalue weighted by Crippen LogP contribution is 2.37. The maximum absolute atomic E-state index is 12.3. The Morgan fingerprint density at radius 1 is 1.26 bits per heavy atom. The number of carbonyl (C=O) groups excluding carboxylic acids is 2. The number of esters is 1. The third-order valence-corrected chi connectivity index (χ3v) is 5.81. The van der Waals surface area contributed by atoms with Gasteiger partial charge >= 0.3 is 12.0 Å². The quantitative estimate of drug-likeness (QED) is 0.301. The van der Waals surface area contributed by atoms with E-state index in [2.05, 4.69) is 15.5 Å². The van der Waals surface area contributed by atoms with Crippen LogP contribution in [-0.4, -0.2) is 40.6 Å². The number of hydrogen-bond donors (Lipinski definition) is 1. The molecule has 0 fully saturated rings. The Kier molecular flexibility index (Phi) is 7.61. The molecule has 2 aromatic rings. The number of thioether (sulfide) groups is 1. The predicted octanol–water partition coefficient (Wildman–Crippen LogP) is 4.42. The van der Waals surface area contributed by atoms with Gasteiger partial charge < -0.3 is 10.1 Å². The van der Waals surface area contributed by atoms with Crippen molar-refractivity contribution in [3.8, 4) is 0 Å². The predicted molar refractivity (Wildman–Crippen MR) is 110 cm³/mol. The zero-order valence-electron chi connectivity index (χ0n) is 15.9. The minimum absolute atomic E-state index is 0.284. The van der Waals surface area contributed by atoms with Crippen LogP contribution < -0.4 is 10.2 Å². The first kappa shape index (κ1) is 21.2. The zero-order valence-corrected chi connectivity index (χ0v) is 17.5. The average Bonchev–Trinajstić information content (AvgIpc) is 3.09. The molecule has 0 unspecified atom stereocenters.